The zero-order valence-corrected chi connectivity index (χ0v) is 12.5. The fourth-order valence-electron chi connectivity index (χ4n) is 2.10. The summed E-state index contributed by atoms with van der Waals surface area (Å²) in [5, 5.41) is 6.83. The van der Waals surface area contributed by atoms with Crippen molar-refractivity contribution in [1.82, 2.24) is 14.8 Å². The lowest BCUT2D eigenvalue weighted by atomic mass is 10.2. The van der Waals surface area contributed by atoms with Crippen LogP contribution in [0.4, 0.5) is 5.69 Å². The molecule has 0 spiro atoms. The summed E-state index contributed by atoms with van der Waals surface area (Å²) in [6, 6.07) is 1.68. The van der Waals surface area contributed by atoms with Gasteiger partial charge in [0, 0.05) is 18.9 Å². The van der Waals surface area contributed by atoms with Gasteiger partial charge in [-0.25, -0.2) is 4.79 Å². The molecule has 0 aliphatic heterocycles. The predicted octanol–water partition coefficient (Wildman–Crippen LogP) is 1.79. The summed E-state index contributed by atoms with van der Waals surface area (Å²) in [7, 11) is 1.69. The van der Waals surface area contributed by atoms with Gasteiger partial charge in [0.2, 0.25) is 0 Å². The smallest absolute Gasteiger partial charge is 0.342 e. The number of amides is 1. The topological polar surface area (TPSA) is 89.0 Å². The third-order valence-corrected chi connectivity index (χ3v) is 3.04. The Balaban J connectivity index is 2.26. The summed E-state index contributed by atoms with van der Waals surface area (Å²) >= 11 is 0. The molecule has 7 nitrogen and oxygen atoms in total. The molecule has 0 atom stereocenters. The number of hydrogen-bond acceptors (Lipinski definition) is 4. The minimum absolute atomic E-state index is 0.276. The van der Waals surface area contributed by atoms with Gasteiger partial charge in [-0.2, -0.15) is 5.10 Å². The van der Waals surface area contributed by atoms with E-state index < -0.39 is 5.97 Å². The van der Waals surface area contributed by atoms with Crippen molar-refractivity contribution in [3.63, 3.8) is 0 Å². The summed E-state index contributed by atoms with van der Waals surface area (Å²) in [6.07, 6.45) is 1.57. The van der Waals surface area contributed by atoms with Crippen LogP contribution in [0.15, 0.2) is 12.3 Å². The van der Waals surface area contributed by atoms with Crippen LogP contribution in [0.25, 0.3) is 0 Å². The van der Waals surface area contributed by atoms with Gasteiger partial charge >= 0.3 is 5.97 Å². The van der Waals surface area contributed by atoms with Crippen LogP contribution in [-0.4, -0.2) is 33.2 Å². The number of aryl methyl sites for hydroxylation is 3. The predicted molar refractivity (Wildman–Crippen MR) is 77.4 cm³/mol. The lowest BCUT2D eigenvalue weighted by Crippen LogP contribution is -2.18. The van der Waals surface area contributed by atoms with E-state index in [-0.39, 0.29) is 12.5 Å². The average Bonchev–Trinajstić information content (AvgIpc) is 2.92. The summed E-state index contributed by atoms with van der Waals surface area (Å²) in [5.74, 6) is -0.796. The van der Waals surface area contributed by atoms with Gasteiger partial charge in [-0.3, -0.25) is 9.48 Å². The Morgan fingerprint density at radius 3 is 2.71 bits per heavy atom. The molecule has 2 aromatic rings. The summed E-state index contributed by atoms with van der Waals surface area (Å²) in [6.45, 7) is 5.56. The van der Waals surface area contributed by atoms with E-state index in [1.165, 1.54) is 4.68 Å². The van der Waals surface area contributed by atoms with Crippen LogP contribution in [0.2, 0.25) is 0 Å². The van der Waals surface area contributed by atoms with E-state index in [9.17, 15) is 9.59 Å². The Labute approximate surface area is 122 Å². The largest absolute Gasteiger partial charge is 0.462 e. The monoisotopic (exact) mass is 290 g/mol. The number of carbonyl (C=O) groups excluding carboxylic acids is 2. The molecule has 0 fully saturated rings. The van der Waals surface area contributed by atoms with Crippen LogP contribution in [0, 0.1) is 13.8 Å². The van der Waals surface area contributed by atoms with E-state index in [0.717, 1.165) is 5.69 Å². The SMILES string of the molecule is CCOC(=O)c1c(NC(=O)c2cc(C)nn2C)c[nH]c1C. The Morgan fingerprint density at radius 2 is 2.14 bits per heavy atom. The first-order valence-corrected chi connectivity index (χ1v) is 6.61. The summed E-state index contributed by atoms with van der Waals surface area (Å²) < 4.78 is 6.49. The number of H-pyrrole nitrogens is 1. The maximum Gasteiger partial charge on any atom is 0.342 e. The summed E-state index contributed by atoms with van der Waals surface area (Å²) in [5.41, 5.74) is 2.54. The van der Waals surface area contributed by atoms with E-state index in [2.05, 4.69) is 15.4 Å². The van der Waals surface area contributed by atoms with E-state index in [0.29, 0.717) is 22.6 Å². The minimum atomic E-state index is -0.465. The fourth-order valence-corrected chi connectivity index (χ4v) is 2.10. The number of hydrogen-bond donors (Lipinski definition) is 2. The van der Waals surface area contributed by atoms with Crippen molar-refractivity contribution >= 4 is 17.6 Å². The molecule has 0 unspecified atom stereocenters. The Kier molecular flexibility index (Phi) is 4.11. The first-order valence-electron chi connectivity index (χ1n) is 6.61. The molecule has 0 bridgehead atoms. The quantitative estimate of drug-likeness (QED) is 0.840. The third-order valence-electron chi connectivity index (χ3n) is 3.04. The normalized spacial score (nSPS) is 10.5. The first kappa shape index (κ1) is 14.8. The molecule has 0 saturated heterocycles. The fraction of sp³-hybridized carbons (Fsp3) is 0.357. The van der Waals surface area contributed by atoms with Crippen molar-refractivity contribution in [2.45, 2.75) is 20.8 Å². The van der Waals surface area contributed by atoms with Crippen molar-refractivity contribution in [2.24, 2.45) is 7.05 Å². The molecule has 0 saturated carbocycles. The van der Waals surface area contributed by atoms with Crippen molar-refractivity contribution < 1.29 is 14.3 Å². The number of anilines is 1. The maximum atomic E-state index is 12.3. The van der Waals surface area contributed by atoms with E-state index >= 15 is 0 Å². The van der Waals surface area contributed by atoms with Crippen molar-refractivity contribution in [3.8, 4) is 0 Å². The molecule has 0 aromatic carbocycles. The highest BCUT2D eigenvalue weighted by Gasteiger charge is 2.20. The zero-order valence-electron chi connectivity index (χ0n) is 12.5. The van der Waals surface area contributed by atoms with E-state index in [4.69, 9.17) is 4.74 Å². The lowest BCUT2D eigenvalue weighted by molar-refractivity contribution is 0.0527. The molecule has 2 N–H and O–H groups in total. The number of rotatable bonds is 4. The zero-order chi connectivity index (χ0) is 15.6. The van der Waals surface area contributed by atoms with Crippen molar-refractivity contribution in [2.75, 3.05) is 11.9 Å². The molecular weight excluding hydrogens is 272 g/mol. The molecule has 2 rings (SSSR count). The number of nitrogens with one attached hydrogen (secondary N) is 2. The highest BCUT2D eigenvalue weighted by Crippen LogP contribution is 2.21. The highest BCUT2D eigenvalue weighted by atomic mass is 16.5. The van der Waals surface area contributed by atoms with Gasteiger partial charge in [0.25, 0.3) is 5.91 Å². The molecule has 2 aromatic heterocycles. The summed E-state index contributed by atoms with van der Waals surface area (Å²) in [4.78, 5) is 27.1. The molecule has 0 radical (unpaired) electrons. The molecule has 2 heterocycles. The average molecular weight is 290 g/mol. The number of esters is 1. The van der Waals surface area contributed by atoms with Crippen LogP contribution < -0.4 is 5.32 Å². The van der Waals surface area contributed by atoms with Crippen LogP contribution in [0.3, 0.4) is 0 Å². The van der Waals surface area contributed by atoms with Gasteiger partial charge in [0.1, 0.15) is 11.3 Å². The maximum absolute atomic E-state index is 12.3. The van der Waals surface area contributed by atoms with Crippen LogP contribution >= 0.6 is 0 Å². The second kappa shape index (κ2) is 5.82. The highest BCUT2D eigenvalue weighted by molar-refractivity contribution is 6.07. The van der Waals surface area contributed by atoms with Gasteiger partial charge in [0.15, 0.2) is 0 Å². The Bertz CT molecular complexity index is 684. The number of aromatic amines is 1. The molecule has 1 amide bonds. The lowest BCUT2D eigenvalue weighted by Gasteiger charge is -2.07. The van der Waals surface area contributed by atoms with Gasteiger partial charge < -0.3 is 15.0 Å². The second-order valence-corrected chi connectivity index (χ2v) is 4.67. The van der Waals surface area contributed by atoms with Crippen molar-refractivity contribution in [1.29, 1.82) is 0 Å². The van der Waals surface area contributed by atoms with Crippen LogP contribution in [-0.2, 0) is 11.8 Å². The van der Waals surface area contributed by atoms with Gasteiger partial charge in [-0.1, -0.05) is 0 Å². The molecule has 7 heteroatoms. The number of nitrogens with zero attached hydrogens (tertiary/aromatic N) is 2. The molecular formula is C14H18N4O3. The van der Waals surface area contributed by atoms with E-state index in [1.807, 2.05) is 0 Å². The van der Waals surface area contributed by atoms with Crippen LogP contribution in [0.5, 0.6) is 0 Å². The van der Waals surface area contributed by atoms with Gasteiger partial charge in [-0.05, 0) is 26.8 Å². The third kappa shape index (κ3) is 2.96. The van der Waals surface area contributed by atoms with Crippen LogP contribution in [0.1, 0.15) is 39.2 Å². The number of aromatic nitrogens is 3. The van der Waals surface area contributed by atoms with E-state index in [1.54, 1.807) is 40.1 Å². The molecule has 112 valence electrons. The second-order valence-electron chi connectivity index (χ2n) is 4.67. The minimum Gasteiger partial charge on any atom is -0.462 e. The van der Waals surface area contributed by atoms with Crippen molar-refractivity contribution in [3.05, 3.63) is 34.9 Å². The standard InChI is InChI=1S/C14H18N4O3/c1-5-21-14(20)12-9(3)15-7-10(12)16-13(19)11-6-8(2)17-18(11)4/h6-7,15H,5H2,1-4H3,(H,16,19). The Hall–Kier alpha value is -2.57. The first-order chi connectivity index (χ1) is 9.93. The molecule has 21 heavy (non-hydrogen) atoms. The number of ether oxygens (including phenoxy) is 1. The number of carbonyl (C=O) groups is 2. The molecule has 0 aliphatic carbocycles. The Morgan fingerprint density at radius 1 is 1.43 bits per heavy atom. The molecule has 0 aliphatic rings. The van der Waals surface area contributed by atoms with Gasteiger partial charge in [-0.15, -0.1) is 0 Å². The van der Waals surface area contributed by atoms with Gasteiger partial charge in [0.05, 0.1) is 18.0 Å².